The van der Waals surface area contributed by atoms with Gasteiger partial charge in [0.1, 0.15) is 0 Å². The molecule has 3 amide bonds. The maximum Gasteiger partial charge on any atom is 0.328 e. The van der Waals surface area contributed by atoms with Crippen molar-refractivity contribution in [3.05, 3.63) is 12.2 Å². The molecule has 25 heavy (non-hydrogen) atoms. The van der Waals surface area contributed by atoms with Crippen molar-refractivity contribution >= 4 is 23.9 Å². The Morgan fingerprint density at radius 1 is 1.12 bits per heavy atom. The molecule has 0 radical (unpaired) electrons. The second-order valence-electron chi connectivity index (χ2n) is 6.49. The summed E-state index contributed by atoms with van der Waals surface area (Å²) in [5, 5.41) is 21.8. The Bertz CT molecular complexity index is 556. The summed E-state index contributed by atoms with van der Waals surface area (Å²) in [4.78, 5) is 44.7. The molecular weight excluding hydrogens is 330 g/mol. The number of hydrogen-bond donors (Lipinski definition) is 4. The highest BCUT2D eigenvalue weighted by molar-refractivity contribution is 5.96. The predicted molar refractivity (Wildman–Crippen MR) is 86.8 cm³/mol. The van der Waals surface area contributed by atoms with Crippen LogP contribution in [0.4, 0.5) is 4.79 Å². The second-order valence-corrected chi connectivity index (χ2v) is 6.49. The monoisotopic (exact) mass is 353 g/mol. The maximum absolute atomic E-state index is 12.1. The highest BCUT2D eigenvalue weighted by atomic mass is 16.4. The molecule has 2 unspecified atom stereocenters. The van der Waals surface area contributed by atoms with Crippen molar-refractivity contribution in [2.24, 2.45) is 11.8 Å². The molecule has 138 valence electrons. The fourth-order valence-electron chi connectivity index (χ4n) is 3.06. The van der Waals surface area contributed by atoms with Crippen molar-refractivity contribution < 1.29 is 29.4 Å². The number of amides is 3. The normalized spacial score (nSPS) is 25.6. The number of carbonyl (C=O) groups excluding carboxylic acids is 2. The van der Waals surface area contributed by atoms with Gasteiger partial charge < -0.3 is 20.8 Å². The zero-order chi connectivity index (χ0) is 18.4. The zero-order valence-electron chi connectivity index (χ0n) is 13.8. The lowest BCUT2D eigenvalue weighted by atomic mass is 9.85. The van der Waals surface area contributed by atoms with E-state index >= 15 is 0 Å². The third kappa shape index (κ3) is 5.56. The standard InChI is InChI=1S/C12H19N3O2.C4H4O4/c16-11-9-4-8(5-13-6-9)7-15(11)12(17)14-10-2-1-3-10;5-3(6)1-2-4(7)8/h8-10,13H,1-7H2,(H,14,17);1-2H,(H,5,6)(H,7,8)/b;2-1+. The minimum Gasteiger partial charge on any atom is -0.478 e. The number of urea groups is 1. The average molecular weight is 353 g/mol. The molecule has 3 rings (SSSR count). The van der Waals surface area contributed by atoms with Crippen LogP contribution in [0.15, 0.2) is 12.2 Å². The van der Waals surface area contributed by atoms with Crippen molar-refractivity contribution in [2.45, 2.75) is 31.7 Å². The summed E-state index contributed by atoms with van der Waals surface area (Å²) in [7, 11) is 0. The van der Waals surface area contributed by atoms with Crippen LogP contribution in [0.25, 0.3) is 0 Å². The number of fused-ring (bicyclic) bond motifs is 2. The molecule has 1 aliphatic carbocycles. The van der Waals surface area contributed by atoms with E-state index in [1.54, 1.807) is 0 Å². The molecule has 4 N–H and O–H groups in total. The third-order valence-corrected chi connectivity index (χ3v) is 4.54. The molecule has 2 atom stereocenters. The van der Waals surface area contributed by atoms with Gasteiger partial charge >= 0.3 is 18.0 Å². The summed E-state index contributed by atoms with van der Waals surface area (Å²) in [5.74, 6) is -2.06. The van der Waals surface area contributed by atoms with Crippen LogP contribution in [0, 0.1) is 11.8 Å². The third-order valence-electron chi connectivity index (χ3n) is 4.54. The summed E-state index contributed by atoms with van der Waals surface area (Å²) in [5.41, 5.74) is 0. The largest absolute Gasteiger partial charge is 0.478 e. The summed E-state index contributed by atoms with van der Waals surface area (Å²) in [6, 6.07) is 0.131. The maximum atomic E-state index is 12.1. The predicted octanol–water partition coefficient (Wildman–Crippen LogP) is 0.0282. The van der Waals surface area contributed by atoms with Gasteiger partial charge in [-0.15, -0.1) is 0 Å². The van der Waals surface area contributed by atoms with Crippen molar-refractivity contribution in [2.75, 3.05) is 19.6 Å². The van der Waals surface area contributed by atoms with E-state index in [0.29, 0.717) is 30.7 Å². The number of piperidine rings is 2. The van der Waals surface area contributed by atoms with Gasteiger partial charge in [-0.05, 0) is 38.1 Å². The van der Waals surface area contributed by atoms with Crippen LogP contribution in [0.2, 0.25) is 0 Å². The fourth-order valence-corrected chi connectivity index (χ4v) is 3.06. The first-order valence-corrected chi connectivity index (χ1v) is 8.33. The fraction of sp³-hybridized carbons (Fsp3) is 0.625. The lowest BCUT2D eigenvalue weighted by Gasteiger charge is -2.40. The van der Waals surface area contributed by atoms with Crippen LogP contribution in [-0.4, -0.2) is 64.7 Å². The van der Waals surface area contributed by atoms with Gasteiger partial charge in [0, 0.05) is 31.3 Å². The summed E-state index contributed by atoms with van der Waals surface area (Å²) in [6.45, 7) is 2.24. The topological polar surface area (TPSA) is 136 Å². The van der Waals surface area contributed by atoms with E-state index in [0.717, 1.165) is 32.4 Å². The van der Waals surface area contributed by atoms with Gasteiger partial charge in [-0.1, -0.05) is 0 Å². The van der Waals surface area contributed by atoms with Gasteiger partial charge in [0.25, 0.3) is 0 Å². The molecule has 2 aliphatic heterocycles. The number of nitrogens with one attached hydrogen (secondary N) is 2. The molecule has 9 nitrogen and oxygen atoms in total. The number of carbonyl (C=O) groups is 4. The Hall–Kier alpha value is -2.42. The Labute approximate surface area is 145 Å². The first-order chi connectivity index (χ1) is 11.9. The number of likely N-dealkylation sites (tertiary alicyclic amines) is 1. The minimum absolute atomic E-state index is 0.00488. The molecule has 3 aliphatic rings. The van der Waals surface area contributed by atoms with Crippen LogP contribution < -0.4 is 10.6 Å². The van der Waals surface area contributed by atoms with Gasteiger partial charge in [0.2, 0.25) is 5.91 Å². The zero-order valence-corrected chi connectivity index (χ0v) is 13.8. The van der Waals surface area contributed by atoms with Crippen molar-refractivity contribution in [1.29, 1.82) is 0 Å². The van der Waals surface area contributed by atoms with E-state index < -0.39 is 11.9 Å². The van der Waals surface area contributed by atoms with Gasteiger partial charge in [0.15, 0.2) is 0 Å². The molecule has 3 fully saturated rings. The number of hydrogen-bond acceptors (Lipinski definition) is 5. The first-order valence-electron chi connectivity index (χ1n) is 8.33. The van der Waals surface area contributed by atoms with Crippen LogP contribution in [0.5, 0.6) is 0 Å². The highest BCUT2D eigenvalue weighted by Gasteiger charge is 2.40. The number of nitrogens with zero attached hydrogens (tertiary/aromatic N) is 1. The first kappa shape index (κ1) is 18.9. The highest BCUT2D eigenvalue weighted by Crippen LogP contribution is 2.26. The molecule has 1 saturated carbocycles. The summed E-state index contributed by atoms with van der Waals surface area (Å²) in [6.07, 6.45) is 5.36. The number of imide groups is 1. The molecule has 0 spiro atoms. The van der Waals surface area contributed by atoms with E-state index in [9.17, 15) is 19.2 Å². The molecule has 0 aromatic carbocycles. The van der Waals surface area contributed by atoms with Crippen molar-refractivity contribution in [1.82, 2.24) is 15.5 Å². The molecule has 0 aromatic rings. The number of aliphatic carboxylic acids is 2. The van der Waals surface area contributed by atoms with E-state index in [-0.39, 0.29) is 17.9 Å². The Morgan fingerprint density at radius 2 is 1.76 bits per heavy atom. The van der Waals surface area contributed by atoms with Gasteiger partial charge in [-0.25, -0.2) is 14.4 Å². The van der Waals surface area contributed by atoms with Crippen LogP contribution in [0.1, 0.15) is 25.7 Å². The molecule has 9 heteroatoms. The van der Waals surface area contributed by atoms with Crippen LogP contribution >= 0.6 is 0 Å². The van der Waals surface area contributed by atoms with E-state index in [1.807, 2.05) is 0 Å². The lowest BCUT2D eigenvalue weighted by Crippen LogP contribution is -2.59. The number of carboxylic acid groups (broad SMARTS) is 2. The van der Waals surface area contributed by atoms with Crippen LogP contribution in [-0.2, 0) is 14.4 Å². The quantitative estimate of drug-likeness (QED) is 0.525. The van der Waals surface area contributed by atoms with Gasteiger partial charge in [-0.3, -0.25) is 9.69 Å². The number of carboxylic acids is 2. The van der Waals surface area contributed by atoms with Crippen LogP contribution in [0.3, 0.4) is 0 Å². The SMILES string of the molecule is O=C(NC1CCC1)N1CC2CNCC(C2)C1=O.O=C(O)/C=C/C(=O)O. The summed E-state index contributed by atoms with van der Waals surface area (Å²) >= 11 is 0. The second kappa shape index (κ2) is 8.61. The number of rotatable bonds is 3. The van der Waals surface area contributed by atoms with Gasteiger partial charge in [-0.2, -0.15) is 0 Å². The van der Waals surface area contributed by atoms with Crippen molar-refractivity contribution in [3.8, 4) is 0 Å². The molecule has 2 saturated heterocycles. The smallest absolute Gasteiger partial charge is 0.328 e. The lowest BCUT2D eigenvalue weighted by molar-refractivity contribution is -0.138. The van der Waals surface area contributed by atoms with E-state index in [2.05, 4.69) is 10.6 Å². The molecular formula is C16H23N3O6. The Kier molecular flexibility index (Phi) is 6.51. The molecule has 2 bridgehead atoms. The molecule has 2 heterocycles. The Morgan fingerprint density at radius 3 is 2.28 bits per heavy atom. The minimum atomic E-state index is -1.26. The van der Waals surface area contributed by atoms with Gasteiger partial charge in [0.05, 0.1) is 5.92 Å². The van der Waals surface area contributed by atoms with Crippen molar-refractivity contribution in [3.63, 3.8) is 0 Å². The van der Waals surface area contributed by atoms with E-state index in [4.69, 9.17) is 10.2 Å². The average Bonchev–Trinajstić information content (AvgIpc) is 2.53. The Balaban J connectivity index is 0.000000242. The van der Waals surface area contributed by atoms with E-state index in [1.165, 1.54) is 11.3 Å². The molecule has 0 aromatic heterocycles. The summed E-state index contributed by atoms with van der Waals surface area (Å²) < 4.78 is 0.